The number of hydrogen-bond donors (Lipinski definition) is 0. The standard InChI is InChI=1S/C15H11FN2/c1-10-13-7-2-3-8-14(13)18-15(17-10)11-5-4-6-12(16)9-11/h2-9H,1H3. The normalized spacial score (nSPS) is 10.8. The number of nitrogens with zero attached hydrogens (tertiary/aromatic N) is 2. The largest absolute Gasteiger partial charge is 0.233 e. The van der Waals surface area contributed by atoms with E-state index in [0.29, 0.717) is 11.4 Å². The maximum absolute atomic E-state index is 13.2. The maximum atomic E-state index is 13.2. The van der Waals surface area contributed by atoms with Crippen molar-refractivity contribution in [2.24, 2.45) is 0 Å². The molecule has 1 aromatic heterocycles. The zero-order valence-electron chi connectivity index (χ0n) is 9.89. The van der Waals surface area contributed by atoms with E-state index < -0.39 is 0 Å². The smallest absolute Gasteiger partial charge is 0.160 e. The Labute approximate surface area is 104 Å². The van der Waals surface area contributed by atoms with Gasteiger partial charge in [0.25, 0.3) is 0 Å². The first kappa shape index (κ1) is 10.8. The zero-order valence-corrected chi connectivity index (χ0v) is 9.89. The summed E-state index contributed by atoms with van der Waals surface area (Å²) in [6.45, 7) is 1.94. The topological polar surface area (TPSA) is 25.8 Å². The monoisotopic (exact) mass is 238 g/mol. The van der Waals surface area contributed by atoms with Crippen molar-refractivity contribution in [2.75, 3.05) is 0 Å². The Morgan fingerprint density at radius 1 is 0.944 bits per heavy atom. The van der Waals surface area contributed by atoms with Gasteiger partial charge in [-0.25, -0.2) is 14.4 Å². The molecule has 0 saturated heterocycles. The highest BCUT2D eigenvalue weighted by molar-refractivity contribution is 5.82. The van der Waals surface area contributed by atoms with Crippen LogP contribution >= 0.6 is 0 Å². The van der Waals surface area contributed by atoms with E-state index >= 15 is 0 Å². The van der Waals surface area contributed by atoms with Crippen LogP contribution in [0.15, 0.2) is 48.5 Å². The Bertz CT molecular complexity index is 723. The molecule has 0 atom stereocenters. The molecule has 0 radical (unpaired) electrons. The molecule has 3 aromatic rings. The van der Waals surface area contributed by atoms with E-state index in [2.05, 4.69) is 9.97 Å². The molecule has 0 amide bonds. The van der Waals surface area contributed by atoms with E-state index in [0.717, 1.165) is 16.6 Å². The summed E-state index contributed by atoms with van der Waals surface area (Å²) in [4.78, 5) is 8.90. The van der Waals surface area contributed by atoms with Crippen LogP contribution in [0.2, 0.25) is 0 Å². The van der Waals surface area contributed by atoms with Gasteiger partial charge in [0.2, 0.25) is 0 Å². The summed E-state index contributed by atoms with van der Waals surface area (Å²) in [5.74, 6) is 0.285. The fraction of sp³-hybridized carbons (Fsp3) is 0.0667. The summed E-state index contributed by atoms with van der Waals surface area (Å²) in [6, 6.07) is 14.2. The fourth-order valence-electron chi connectivity index (χ4n) is 1.99. The number of para-hydroxylation sites is 1. The Kier molecular flexibility index (Phi) is 2.52. The van der Waals surface area contributed by atoms with Crippen molar-refractivity contribution in [2.45, 2.75) is 6.92 Å². The Hall–Kier alpha value is -2.29. The number of halogens is 1. The van der Waals surface area contributed by atoms with Gasteiger partial charge in [0.1, 0.15) is 5.82 Å². The SMILES string of the molecule is Cc1nc(-c2cccc(F)c2)nc2ccccc12. The number of aryl methyl sites for hydroxylation is 1. The summed E-state index contributed by atoms with van der Waals surface area (Å²) in [5.41, 5.74) is 2.48. The molecule has 2 nitrogen and oxygen atoms in total. The van der Waals surface area contributed by atoms with E-state index in [4.69, 9.17) is 0 Å². The van der Waals surface area contributed by atoms with Gasteiger partial charge in [-0.1, -0.05) is 30.3 Å². The van der Waals surface area contributed by atoms with Crippen LogP contribution in [-0.4, -0.2) is 9.97 Å². The van der Waals surface area contributed by atoms with Crippen molar-refractivity contribution >= 4 is 10.9 Å². The molecule has 0 aliphatic carbocycles. The third-order valence-electron chi connectivity index (χ3n) is 2.88. The van der Waals surface area contributed by atoms with Crippen LogP contribution in [0.25, 0.3) is 22.3 Å². The third-order valence-corrected chi connectivity index (χ3v) is 2.88. The summed E-state index contributed by atoms with van der Waals surface area (Å²) >= 11 is 0. The van der Waals surface area contributed by atoms with Gasteiger partial charge >= 0.3 is 0 Å². The van der Waals surface area contributed by atoms with Crippen molar-refractivity contribution in [3.63, 3.8) is 0 Å². The van der Waals surface area contributed by atoms with Crippen LogP contribution in [0, 0.1) is 12.7 Å². The van der Waals surface area contributed by atoms with Gasteiger partial charge in [0, 0.05) is 16.6 Å². The highest BCUT2D eigenvalue weighted by Crippen LogP contribution is 2.21. The molecule has 88 valence electrons. The number of fused-ring (bicyclic) bond motifs is 1. The van der Waals surface area contributed by atoms with E-state index in [1.165, 1.54) is 12.1 Å². The molecule has 0 fully saturated rings. The van der Waals surface area contributed by atoms with Crippen LogP contribution < -0.4 is 0 Å². The van der Waals surface area contributed by atoms with Gasteiger partial charge in [0.15, 0.2) is 5.82 Å². The van der Waals surface area contributed by atoms with E-state index in [1.807, 2.05) is 37.3 Å². The van der Waals surface area contributed by atoms with Gasteiger partial charge in [0.05, 0.1) is 5.52 Å². The predicted octanol–water partition coefficient (Wildman–Crippen LogP) is 3.74. The number of aromatic nitrogens is 2. The molecule has 0 bridgehead atoms. The summed E-state index contributed by atoms with van der Waals surface area (Å²) in [5, 5.41) is 1.03. The van der Waals surface area contributed by atoms with Gasteiger partial charge in [-0.05, 0) is 25.1 Å². The van der Waals surface area contributed by atoms with Gasteiger partial charge in [-0.15, -0.1) is 0 Å². The highest BCUT2D eigenvalue weighted by Gasteiger charge is 2.06. The van der Waals surface area contributed by atoms with Crippen molar-refractivity contribution in [3.8, 4) is 11.4 Å². The first-order valence-corrected chi connectivity index (χ1v) is 5.73. The van der Waals surface area contributed by atoms with Crippen molar-refractivity contribution in [3.05, 3.63) is 60.0 Å². The first-order chi connectivity index (χ1) is 8.74. The lowest BCUT2D eigenvalue weighted by atomic mass is 10.1. The third kappa shape index (κ3) is 1.84. The van der Waals surface area contributed by atoms with E-state index in [1.54, 1.807) is 6.07 Å². The molecule has 3 heteroatoms. The average molecular weight is 238 g/mol. The molecule has 0 aliphatic heterocycles. The molecule has 0 spiro atoms. The minimum absolute atomic E-state index is 0.276. The van der Waals surface area contributed by atoms with Gasteiger partial charge in [-0.3, -0.25) is 0 Å². The second kappa shape index (κ2) is 4.18. The number of hydrogen-bond acceptors (Lipinski definition) is 2. The summed E-state index contributed by atoms with van der Waals surface area (Å²) < 4.78 is 13.2. The molecule has 2 aromatic carbocycles. The number of rotatable bonds is 1. The maximum Gasteiger partial charge on any atom is 0.160 e. The quantitative estimate of drug-likeness (QED) is 0.645. The Morgan fingerprint density at radius 3 is 2.61 bits per heavy atom. The fourth-order valence-corrected chi connectivity index (χ4v) is 1.99. The lowest BCUT2D eigenvalue weighted by Crippen LogP contribution is -1.94. The summed E-state index contributed by atoms with van der Waals surface area (Å²) in [7, 11) is 0. The van der Waals surface area contributed by atoms with Crippen molar-refractivity contribution < 1.29 is 4.39 Å². The molecular weight excluding hydrogens is 227 g/mol. The second-order valence-electron chi connectivity index (χ2n) is 4.16. The van der Waals surface area contributed by atoms with Crippen LogP contribution in [0.1, 0.15) is 5.69 Å². The van der Waals surface area contributed by atoms with Crippen LogP contribution in [0.3, 0.4) is 0 Å². The van der Waals surface area contributed by atoms with Gasteiger partial charge in [-0.2, -0.15) is 0 Å². The molecule has 0 unspecified atom stereocenters. The molecule has 0 saturated carbocycles. The lowest BCUT2D eigenvalue weighted by molar-refractivity contribution is 0.628. The van der Waals surface area contributed by atoms with Crippen LogP contribution in [0.4, 0.5) is 4.39 Å². The number of benzene rings is 2. The molecular formula is C15H11FN2. The average Bonchev–Trinajstić information content (AvgIpc) is 2.39. The minimum Gasteiger partial charge on any atom is -0.233 e. The summed E-state index contributed by atoms with van der Waals surface area (Å²) in [6.07, 6.45) is 0. The lowest BCUT2D eigenvalue weighted by Gasteiger charge is -2.05. The Balaban J connectivity index is 2.24. The highest BCUT2D eigenvalue weighted by atomic mass is 19.1. The predicted molar refractivity (Wildman–Crippen MR) is 69.7 cm³/mol. The second-order valence-corrected chi connectivity index (χ2v) is 4.16. The first-order valence-electron chi connectivity index (χ1n) is 5.73. The van der Waals surface area contributed by atoms with E-state index in [-0.39, 0.29) is 5.82 Å². The molecule has 0 N–H and O–H groups in total. The molecule has 1 heterocycles. The molecule has 18 heavy (non-hydrogen) atoms. The van der Waals surface area contributed by atoms with E-state index in [9.17, 15) is 4.39 Å². The van der Waals surface area contributed by atoms with Crippen molar-refractivity contribution in [1.82, 2.24) is 9.97 Å². The van der Waals surface area contributed by atoms with Gasteiger partial charge < -0.3 is 0 Å². The molecule has 0 aliphatic rings. The van der Waals surface area contributed by atoms with Crippen LogP contribution in [-0.2, 0) is 0 Å². The zero-order chi connectivity index (χ0) is 12.5. The molecule has 3 rings (SSSR count). The van der Waals surface area contributed by atoms with Crippen LogP contribution in [0.5, 0.6) is 0 Å². The van der Waals surface area contributed by atoms with Crippen molar-refractivity contribution in [1.29, 1.82) is 0 Å². The Morgan fingerprint density at radius 2 is 1.78 bits per heavy atom. The minimum atomic E-state index is -0.276.